The summed E-state index contributed by atoms with van der Waals surface area (Å²) in [4.78, 5) is 11.7. The van der Waals surface area contributed by atoms with Crippen LogP contribution in [0.15, 0.2) is 48.5 Å². The zero-order chi connectivity index (χ0) is 15.1. The van der Waals surface area contributed by atoms with Gasteiger partial charge in [0.2, 0.25) is 0 Å². The minimum absolute atomic E-state index is 0.00978. The maximum atomic E-state index is 11.7. The average molecular weight is 304 g/mol. The molecule has 1 amide bonds. The molecule has 0 aliphatic heterocycles. The van der Waals surface area contributed by atoms with Gasteiger partial charge in [0.05, 0.1) is 0 Å². The lowest BCUT2D eigenvalue weighted by Crippen LogP contribution is -2.30. The van der Waals surface area contributed by atoms with Crippen LogP contribution in [0.4, 0.5) is 0 Å². The number of hydrogen-bond donors (Lipinski definition) is 1. The third kappa shape index (κ3) is 5.12. The number of hydrogen-bond acceptors (Lipinski definition) is 2. The molecule has 0 heterocycles. The van der Waals surface area contributed by atoms with E-state index in [1.807, 2.05) is 43.3 Å². The number of aryl methyl sites for hydroxylation is 1. The summed E-state index contributed by atoms with van der Waals surface area (Å²) in [5.41, 5.74) is 2.13. The zero-order valence-electron chi connectivity index (χ0n) is 11.9. The van der Waals surface area contributed by atoms with Gasteiger partial charge >= 0.3 is 0 Å². The summed E-state index contributed by atoms with van der Waals surface area (Å²) >= 11 is 5.94. The number of carbonyl (C=O) groups is 1. The van der Waals surface area contributed by atoms with E-state index in [9.17, 15) is 4.79 Å². The van der Waals surface area contributed by atoms with Crippen LogP contribution in [-0.2, 0) is 11.2 Å². The Bertz CT molecular complexity index is 599. The van der Waals surface area contributed by atoms with E-state index in [0.29, 0.717) is 17.3 Å². The van der Waals surface area contributed by atoms with Crippen molar-refractivity contribution in [2.75, 3.05) is 13.2 Å². The highest BCUT2D eigenvalue weighted by atomic mass is 35.5. The molecule has 0 aliphatic rings. The molecule has 0 aromatic heterocycles. The number of nitrogens with one attached hydrogen (secondary N) is 1. The van der Waals surface area contributed by atoms with Crippen molar-refractivity contribution in [2.45, 2.75) is 13.3 Å². The van der Waals surface area contributed by atoms with E-state index < -0.39 is 0 Å². The molecule has 110 valence electrons. The van der Waals surface area contributed by atoms with Crippen LogP contribution in [0.25, 0.3) is 0 Å². The molecule has 21 heavy (non-hydrogen) atoms. The first-order chi connectivity index (χ1) is 10.1. The van der Waals surface area contributed by atoms with Gasteiger partial charge in [-0.1, -0.05) is 41.9 Å². The summed E-state index contributed by atoms with van der Waals surface area (Å²) in [6.07, 6.45) is 0.812. The van der Waals surface area contributed by atoms with E-state index in [-0.39, 0.29) is 12.5 Å². The quantitative estimate of drug-likeness (QED) is 0.888. The summed E-state index contributed by atoms with van der Waals surface area (Å²) in [6, 6.07) is 15.4. The van der Waals surface area contributed by atoms with Crippen LogP contribution in [0.1, 0.15) is 11.1 Å². The third-order valence-electron chi connectivity index (χ3n) is 3.08. The van der Waals surface area contributed by atoms with Crippen molar-refractivity contribution >= 4 is 17.5 Å². The molecule has 0 saturated carbocycles. The number of halogens is 1. The van der Waals surface area contributed by atoms with Crippen LogP contribution < -0.4 is 10.1 Å². The van der Waals surface area contributed by atoms with Gasteiger partial charge < -0.3 is 10.1 Å². The standard InChI is InChI=1S/C17H18ClNO2/c1-13-11-15(7-8-16(13)18)21-12-17(20)19-10-9-14-5-3-2-4-6-14/h2-8,11H,9-10,12H2,1H3,(H,19,20). The average Bonchev–Trinajstić information content (AvgIpc) is 2.49. The number of amides is 1. The van der Waals surface area contributed by atoms with E-state index in [0.717, 1.165) is 12.0 Å². The van der Waals surface area contributed by atoms with Crippen LogP contribution >= 0.6 is 11.6 Å². The van der Waals surface area contributed by atoms with Crippen molar-refractivity contribution in [3.05, 3.63) is 64.7 Å². The lowest BCUT2D eigenvalue weighted by Gasteiger charge is -2.08. The third-order valence-corrected chi connectivity index (χ3v) is 3.50. The normalized spacial score (nSPS) is 10.2. The van der Waals surface area contributed by atoms with Crippen LogP contribution in [-0.4, -0.2) is 19.1 Å². The van der Waals surface area contributed by atoms with Crippen molar-refractivity contribution in [1.82, 2.24) is 5.32 Å². The van der Waals surface area contributed by atoms with Gasteiger partial charge in [0.15, 0.2) is 6.61 Å². The first-order valence-electron chi connectivity index (χ1n) is 6.85. The van der Waals surface area contributed by atoms with E-state index in [1.54, 1.807) is 12.1 Å². The van der Waals surface area contributed by atoms with E-state index in [1.165, 1.54) is 5.56 Å². The fourth-order valence-electron chi connectivity index (χ4n) is 1.90. The second-order valence-electron chi connectivity index (χ2n) is 4.79. The van der Waals surface area contributed by atoms with E-state index in [2.05, 4.69) is 5.32 Å². The maximum Gasteiger partial charge on any atom is 0.257 e. The van der Waals surface area contributed by atoms with Gasteiger partial charge in [-0.2, -0.15) is 0 Å². The predicted octanol–water partition coefficient (Wildman–Crippen LogP) is 3.39. The van der Waals surface area contributed by atoms with E-state index >= 15 is 0 Å². The van der Waals surface area contributed by atoms with Crippen molar-refractivity contribution in [2.24, 2.45) is 0 Å². The summed E-state index contributed by atoms with van der Waals surface area (Å²) in [6.45, 7) is 2.51. The molecule has 2 aromatic rings. The molecule has 0 spiro atoms. The fraction of sp³-hybridized carbons (Fsp3) is 0.235. The van der Waals surface area contributed by atoms with Crippen molar-refractivity contribution < 1.29 is 9.53 Å². The van der Waals surface area contributed by atoms with Gasteiger partial charge in [-0.15, -0.1) is 0 Å². The molecule has 3 nitrogen and oxygen atoms in total. The Hall–Kier alpha value is -2.00. The Morgan fingerprint density at radius 1 is 1.19 bits per heavy atom. The van der Waals surface area contributed by atoms with Gasteiger partial charge in [0, 0.05) is 11.6 Å². The van der Waals surface area contributed by atoms with Gasteiger partial charge in [-0.3, -0.25) is 4.79 Å². The molecule has 0 aliphatic carbocycles. The highest BCUT2D eigenvalue weighted by Crippen LogP contribution is 2.20. The Morgan fingerprint density at radius 3 is 2.67 bits per heavy atom. The second kappa shape index (κ2) is 7.70. The largest absolute Gasteiger partial charge is 0.484 e. The fourth-order valence-corrected chi connectivity index (χ4v) is 2.02. The monoisotopic (exact) mass is 303 g/mol. The zero-order valence-corrected chi connectivity index (χ0v) is 12.7. The van der Waals surface area contributed by atoms with Crippen LogP contribution in [0.2, 0.25) is 5.02 Å². The van der Waals surface area contributed by atoms with Gasteiger partial charge in [0.25, 0.3) is 5.91 Å². The molecule has 0 atom stereocenters. The summed E-state index contributed by atoms with van der Waals surface area (Å²) in [5.74, 6) is 0.522. The lowest BCUT2D eigenvalue weighted by molar-refractivity contribution is -0.123. The Labute approximate surface area is 129 Å². The van der Waals surface area contributed by atoms with Gasteiger partial charge in [-0.25, -0.2) is 0 Å². The maximum absolute atomic E-state index is 11.7. The van der Waals surface area contributed by atoms with Crippen molar-refractivity contribution in [3.63, 3.8) is 0 Å². The molecule has 4 heteroatoms. The van der Waals surface area contributed by atoms with Crippen LogP contribution in [0, 0.1) is 6.92 Å². The molecule has 1 N–H and O–H groups in total. The summed E-state index contributed by atoms with van der Waals surface area (Å²) in [7, 11) is 0. The molecule has 0 unspecified atom stereocenters. The molecule has 0 saturated heterocycles. The minimum atomic E-state index is -0.126. The SMILES string of the molecule is Cc1cc(OCC(=O)NCCc2ccccc2)ccc1Cl. The first kappa shape index (κ1) is 15.4. The van der Waals surface area contributed by atoms with Gasteiger partial charge in [-0.05, 0) is 42.7 Å². The summed E-state index contributed by atoms with van der Waals surface area (Å²) in [5, 5.41) is 3.53. The van der Waals surface area contributed by atoms with Crippen LogP contribution in [0.5, 0.6) is 5.75 Å². The van der Waals surface area contributed by atoms with Gasteiger partial charge in [0.1, 0.15) is 5.75 Å². The number of ether oxygens (including phenoxy) is 1. The molecular weight excluding hydrogens is 286 g/mol. The smallest absolute Gasteiger partial charge is 0.257 e. The highest BCUT2D eigenvalue weighted by molar-refractivity contribution is 6.31. The molecule has 0 radical (unpaired) electrons. The molecular formula is C17H18ClNO2. The second-order valence-corrected chi connectivity index (χ2v) is 5.19. The van der Waals surface area contributed by atoms with Crippen LogP contribution in [0.3, 0.4) is 0 Å². The highest BCUT2D eigenvalue weighted by Gasteiger charge is 2.04. The molecule has 0 bridgehead atoms. The Kier molecular flexibility index (Phi) is 5.64. The van der Waals surface area contributed by atoms with Crippen molar-refractivity contribution in [1.29, 1.82) is 0 Å². The number of benzene rings is 2. The Morgan fingerprint density at radius 2 is 1.95 bits per heavy atom. The lowest BCUT2D eigenvalue weighted by atomic mass is 10.1. The number of carbonyl (C=O) groups excluding carboxylic acids is 1. The predicted molar refractivity (Wildman–Crippen MR) is 84.8 cm³/mol. The van der Waals surface area contributed by atoms with Crippen molar-refractivity contribution in [3.8, 4) is 5.75 Å². The van der Waals surface area contributed by atoms with E-state index in [4.69, 9.17) is 16.3 Å². The Balaban J connectivity index is 1.71. The first-order valence-corrected chi connectivity index (χ1v) is 7.22. The summed E-state index contributed by atoms with van der Waals surface area (Å²) < 4.78 is 5.44. The molecule has 2 aromatic carbocycles. The molecule has 2 rings (SSSR count). The molecule has 0 fully saturated rings. The number of rotatable bonds is 6. The topological polar surface area (TPSA) is 38.3 Å². The minimum Gasteiger partial charge on any atom is -0.484 e.